The molecule has 1 N–H and O–H groups in total. The van der Waals surface area contributed by atoms with Crippen molar-refractivity contribution in [2.24, 2.45) is 23.2 Å². The Labute approximate surface area is 125 Å². The SMILES string of the molecule is CSc1ccc(CN[C@@H]2C[C@H]3C[C@@H]([C@H]2C)C3(C)C)s1. The molecule has 0 aromatic carbocycles. The first-order chi connectivity index (χ1) is 9.02. The van der Waals surface area contributed by atoms with Gasteiger partial charge in [0.25, 0.3) is 0 Å². The normalized spacial score (nSPS) is 36.0. The molecule has 1 aromatic rings. The molecule has 0 spiro atoms. The van der Waals surface area contributed by atoms with Gasteiger partial charge in [0.2, 0.25) is 0 Å². The van der Waals surface area contributed by atoms with Gasteiger partial charge in [0.15, 0.2) is 0 Å². The van der Waals surface area contributed by atoms with Crippen molar-refractivity contribution in [1.29, 1.82) is 0 Å². The number of nitrogens with one attached hydrogen (secondary N) is 1. The molecule has 106 valence electrons. The summed E-state index contributed by atoms with van der Waals surface area (Å²) in [7, 11) is 0. The Hall–Kier alpha value is 0.01000. The zero-order valence-electron chi connectivity index (χ0n) is 12.4. The van der Waals surface area contributed by atoms with Crippen LogP contribution in [0, 0.1) is 23.2 Å². The lowest BCUT2D eigenvalue weighted by Crippen LogP contribution is -2.59. The molecule has 3 fully saturated rings. The molecule has 1 aromatic heterocycles. The van der Waals surface area contributed by atoms with Crippen molar-refractivity contribution in [2.45, 2.75) is 50.4 Å². The highest BCUT2D eigenvalue weighted by Crippen LogP contribution is 2.61. The van der Waals surface area contributed by atoms with E-state index in [4.69, 9.17) is 0 Å². The minimum absolute atomic E-state index is 0.604. The Bertz CT molecular complexity index is 451. The van der Waals surface area contributed by atoms with Gasteiger partial charge >= 0.3 is 0 Å². The lowest BCUT2D eigenvalue weighted by Gasteiger charge is -2.62. The summed E-state index contributed by atoms with van der Waals surface area (Å²) in [5, 5.41) is 3.82. The summed E-state index contributed by atoms with van der Waals surface area (Å²) in [5.74, 6) is 2.73. The highest BCUT2D eigenvalue weighted by atomic mass is 32.2. The quantitative estimate of drug-likeness (QED) is 0.813. The van der Waals surface area contributed by atoms with Crippen LogP contribution in [0.5, 0.6) is 0 Å². The highest BCUT2D eigenvalue weighted by molar-refractivity contribution is 8.00. The van der Waals surface area contributed by atoms with Gasteiger partial charge in [0.05, 0.1) is 4.21 Å². The maximum atomic E-state index is 3.82. The summed E-state index contributed by atoms with van der Waals surface area (Å²) in [6.45, 7) is 8.46. The number of fused-ring (bicyclic) bond motifs is 2. The van der Waals surface area contributed by atoms with E-state index in [0.29, 0.717) is 5.41 Å². The van der Waals surface area contributed by atoms with Crippen molar-refractivity contribution in [3.63, 3.8) is 0 Å². The van der Waals surface area contributed by atoms with Crippen LogP contribution in [0.3, 0.4) is 0 Å². The van der Waals surface area contributed by atoms with E-state index < -0.39 is 0 Å². The predicted molar refractivity (Wildman–Crippen MR) is 85.9 cm³/mol. The van der Waals surface area contributed by atoms with E-state index in [1.807, 2.05) is 23.1 Å². The molecule has 0 aliphatic heterocycles. The van der Waals surface area contributed by atoms with Crippen LogP contribution < -0.4 is 5.32 Å². The van der Waals surface area contributed by atoms with Gasteiger partial charge in [-0.1, -0.05) is 20.8 Å². The van der Waals surface area contributed by atoms with E-state index in [-0.39, 0.29) is 0 Å². The van der Waals surface area contributed by atoms with Gasteiger partial charge in [-0.3, -0.25) is 0 Å². The Morgan fingerprint density at radius 1 is 1.37 bits per heavy atom. The van der Waals surface area contributed by atoms with E-state index >= 15 is 0 Å². The van der Waals surface area contributed by atoms with Gasteiger partial charge in [-0.05, 0) is 54.4 Å². The second kappa shape index (κ2) is 5.09. The largest absolute Gasteiger partial charge is 0.309 e. The molecular weight excluding hydrogens is 270 g/mol. The molecule has 19 heavy (non-hydrogen) atoms. The molecular formula is C16H25NS2. The zero-order chi connectivity index (χ0) is 13.6. The van der Waals surface area contributed by atoms with Crippen LogP contribution in [-0.4, -0.2) is 12.3 Å². The van der Waals surface area contributed by atoms with Crippen molar-refractivity contribution in [1.82, 2.24) is 5.32 Å². The maximum Gasteiger partial charge on any atom is 0.0599 e. The monoisotopic (exact) mass is 295 g/mol. The molecule has 3 aliphatic carbocycles. The first-order valence-electron chi connectivity index (χ1n) is 7.38. The minimum atomic E-state index is 0.604. The second-order valence-corrected chi connectivity index (χ2v) is 9.14. The van der Waals surface area contributed by atoms with Crippen LogP contribution in [-0.2, 0) is 6.54 Å². The van der Waals surface area contributed by atoms with Crippen LogP contribution in [0.2, 0.25) is 0 Å². The summed E-state index contributed by atoms with van der Waals surface area (Å²) in [6.07, 6.45) is 5.01. The first kappa shape index (κ1) is 14.0. The van der Waals surface area contributed by atoms with Crippen molar-refractivity contribution in [2.75, 3.05) is 6.26 Å². The number of hydrogen-bond donors (Lipinski definition) is 1. The molecule has 3 heteroatoms. The molecule has 3 saturated carbocycles. The molecule has 0 radical (unpaired) electrons. The van der Waals surface area contributed by atoms with Crippen molar-refractivity contribution in [3.8, 4) is 0 Å². The van der Waals surface area contributed by atoms with Crippen LogP contribution in [0.4, 0.5) is 0 Å². The minimum Gasteiger partial charge on any atom is -0.309 e. The van der Waals surface area contributed by atoms with Crippen LogP contribution in [0.15, 0.2) is 16.3 Å². The Kier molecular flexibility index (Phi) is 3.74. The number of thioether (sulfide) groups is 1. The Balaban J connectivity index is 1.57. The molecule has 0 saturated heterocycles. The van der Waals surface area contributed by atoms with E-state index in [9.17, 15) is 0 Å². The van der Waals surface area contributed by atoms with Crippen LogP contribution in [0.1, 0.15) is 38.5 Å². The van der Waals surface area contributed by atoms with Gasteiger partial charge in [0, 0.05) is 17.5 Å². The summed E-state index contributed by atoms with van der Waals surface area (Å²) >= 11 is 3.78. The third-order valence-corrected chi connectivity index (χ3v) is 7.90. The fraction of sp³-hybridized carbons (Fsp3) is 0.750. The molecule has 4 rings (SSSR count). The predicted octanol–water partition coefficient (Wildman–Crippen LogP) is 4.63. The average molecular weight is 296 g/mol. The van der Waals surface area contributed by atoms with Gasteiger partial charge in [0.1, 0.15) is 0 Å². The smallest absolute Gasteiger partial charge is 0.0599 e. The van der Waals surface area contributed by atoms with Gasteiger partial charge in [-0.15, -0.1) is 23.1 Å². The zero-order valence-corrected chi connectivity index (χ0v) is 14.0. The van der Waals surface area contributed by atoms with E-state index in [2.05, 4.69) is 44.5 Å². The third-order valence-electron chi connectivity index (χ3n) is 5.73. The fourth-order valence-corrected chi connectivity index (χ4v) is 5.76. The van der Waals surface area contributed by atoms with Gasteiger partial charge < -0.3 is 5.32 Å². The van der Waals surface area contributed by atoms with E-state index in [1.165, 1.54) is 21.9 Å². The second-order valence-electron chi connectivity index (χ2n) is 6.87. The molecule has 0 unspecified atom stereocenters. The lowest BCUT2D eigenvalue weighted by atomic mass is 9.45. The standard InChI is InChI=1S/C16H25NS2/c1-10-13-7-11(16(13,2)3)8-14(10)17-9-12-5-6-15(18-4)19-12/h5-6,10-11,13-14,17H,7-9H2,1-4H3/t10-,11-,13+,14-/m1/s1. The Morgan fingerprint density at radius 3 is 2.74 bits per heavy atom. The molecule has 2 bridgehead atoms. The van der Waals surface area contributed by atoms with Crippen molar-refractivity contribution < 1.29 is 0 Å². The molecule has 3 aliphatic rings. The topological polar surface area (TPSA) is 12.0 Å². The average Bonchev–Trinajstić information content (AvgIpc) is 2.84. The number of rotatable bonds is 4. The molecule has 1 nitrogen and oxygen atoms in total. The highest BCUT2D eigenvalue weighted by Gasteiger charge is 2.55. The fourth-order valence-electron chi connectivity index (χ4n) is 4.21. The number of thiophene rings is 1. The van der Waals surface area contributed by atoms with E-state index in [0.717, 1.165) is 30.3 Å². The van der Waals surface area contributed by atoms with Crippen LogP contribution >= 0.6 is 23.1 Å². The Morgan fingerprint density at radius 2 is 2.16 bits per heavy atom. The first-order valence-corrected chi connectivity index (χ1v) is 9.42. The summed E-state index contributed by atoms with van der Waals surface area (Å²) < 4.78 is 1.43. The molecule has 4 atom stereocenters. The lowest BCUT2D eigenvalue weighted by molar-refractivity contribution is -0.115. The van der Waals surface area contributed by atoms with Crippen molar-refractivity contribution >= 4 is 23.1 Å². The van der Waals surface area contributed by atoms with Gasteiger partial charge in [-0.25, -0.2) is 0 Å². The molecule has 0 amide bonds. The molecule has 1 heterocycles. The maximum absolute atomic E-state index is 3.82. The number of hydrogen-bond acceptors (Lipinski definition) is 3. The summed E-state index contributed by atoms with van der Waals surface area (Å²) in [6, 6.07) is 5.26. The van der Waals surface area contributed by atoms with Crippen LogP contribution in [0.25, 0.3) is 0 Å². The van der Waals surface area contributed by atoms with Gasteiger partial charge in [-0.2, -0.15) is 0 Å². The summed E-state index contributed by atoms with van der Waals surface area (Å²) in [4.78, 5) is 1.48. The van der Waals surface area contributed by atoms with Crippen molar-refractivity contribution in [3.05, 3.63) is 17.0 Å². The summed E-state index contributed by atoms with van der Waals surface area (Å²) in [5.41, 5.74) is 0.604. The third kappa shape index (κ3) is 2.38. The van der Waals surface area contributed by atoms with E-state index in [1.54, 1.807) is 0 Å².